The molecule has 2 bridgehead atoms. The van der Waals surface area contributed by atoms with Gasteiger partial charge in [-0.3, -0.25) is 0 Å². The maximum atomic E-state index is 5.75. The molecule has 0 aromatic carbocycles. The number of fused-ring (bicyclic) bond motifs is 2. The summed E-state index contributed by atoms with van der Waals surface area (Å²) in [5.74, 6) is 1.70. The zero-order chi connectivity index (χ0) is 7.14. The Hall–Kier alpha value is -0.0400. The molecule has 0 aliphatic carbocycles. The van der Waals surface area contributed by atoms with E-state index in [1.54, 1.807) is 0 Å². The SMILES string of the molecule is CC(C)C1C[C@H]2CC[C@@H]1O2. The first-order valence-corrected chi connectivity index (χ1v) is 4.43. The monoisotopic (exact) mass is 140 g/mol. The van der Waals surface area contributed by atoms with E-state index in [0.717, 1.165) is 11.8 Å². The molecular formula is C9H16O. The summed E-state index contributed by atoms with van der Waals surface area (Å²) in [4.78, 5) is 0. The number of rotatable bonds is 1. The topological polar surface area (TPSA) is 9.23 Å². The van der Waals surface area contributed by atoms with Crippen molar-refractivity contribution < 1.29 is 4.74 Å². The van der Waals surface area contributed by atoms with Crippen molar-refractivity contribution in [2.75, 3.05) is 0 Å². The van der Waals surface area contributed by atoms with E-state index in [4.69, 9.17) is 4.74 Å². The second-order valence-corrected chi connectivity index (χ2v) is 4.02. The van der Waals surface area contributed by atoms with E-state index in [-0.39, 0.29) is 0 Å². The number of hydrogen-bond acceptors (Lipinski definition) is 1. The maximum Gasteiger partial charge on any atom is 0.0611 e. The molecule has 2 saturated heterocycles. The first-order chi connectivity index (χ1) is 4.77. The van der Waals surface area contributed by atoms with Gasteiger partial charge in [-0.15, -0.1) is 0 Å². The minimum atomic E-state index is 0.630. The normalized spacial score (nSPS) is 45.3. The van der Waals surface area contributed by atoms with Crippen molar-refractivity contribution in [1.82, 2.24) is 0 Å². The van der Waals surface area contributed by atoms with E-state index >= 15 is 0 Å². The number of ether oxygens (including phenoxy) is 1. The molecule has 0 N–H and O–H groups in total. The van der Waals surface area contributed by atoms with Crippen molar-refractivity contribution in [3.8, 4) is 0 Å². The average Bonchev–Trinajstić information content (AvgIpc) is 2.44. The van der Waals surface area contributed by atoms with Crippen LogP contribution in [0.15, 0.2) is 0 Å². The highest BCUT2D eigenvalue weighted by Crippen LogP contribution is 2.41. The fourth-order valence-corrected chi connectivity index (χ4v) is 2.38. The fourth-order valence-electron chi connectivity index (χ4n) is 2.38. The standard InChI is InChI=1S/C9H16O/c1-6(2)8-5-7-3-4-9(8)10-7/h6-9H,3-5H2,1-2H3/t7-,8?,9+/m1/s1. The first-order valence-electron chi connectivity index (χ1n) is 4.43. The molecule has 1 unspecified atom stereocenters. The van der Waals surface area contributed by atoms with Crippen LogP contribution in [0.5, 0.6) is 0 Å². The minimum Gasteiger partial charge on any atom is -0.375 e. The Kier molecular flexibility index (Phi) is 1.48. The Bertz CT molecular complexity index is 131. The van der Waals surface area contributed by atoms with Crippen LogP contribution in [-0.4, -0.2) is 12.2 Å². The van der Waals surface area contributed by atoms with Crippen molar-refractivity contribution in [2.24, 2.45) is 11.8 Å². The first kappa shape index (κ1) is 6.66. The molecule has 0 spiro atoms. The maximum absolute atomic E-state index is 5.75. The zero-order valence-corrected chi connectivity index (χ0v) is 6.84. The van der Waals surface area contributed by atoms with Gasteiger partial charge in [0, 0.05) is 0 Å². The van der Waals surface area contributed by atoms with E-state index < -0.39 is 0 Å². The van der Waals surface area contributed by atoms with E-state index in [1.807, 2.05) is 0 Å². The van der Waals surface area contributed by atoms with Crippen LogP contribution < -0.4 is 0 Å². The van der Waals surface area contributed by atoms with Crippen LogP contribution in [0.3, 0.4) is 0 Å². The highest BCUT2D eigenvalue weighted by molar-refractivity contribution is 4.90. The summed E-state index contributed by atoms with van der Waals surface area (Å²) in [6.45, 7) is 4.63. The van der Waals surface area contributed by atoms with Gasteiger partial charge in [0.05, 0.1) is 12.2 Å². The molecule has 2 rings (SSSR count). The quantitative estimate of drug-likeness (QED) is 0.542. The van der Waals surface area contributed by atoms with Gasteiger partial charge in [-0.05, 0) is 31.1 Å². The van der Waals surface area contributed by atoms with Gasteiger partial charge in [0.15, 0.2) is 0 Å². The largest absolute Gasteiger partial charge is 0.375 e. The smallest absolute Gasteiger partial charge is 0.0611 e. The Balaban J connectivity index is 2.02. The van der Waals surface area contributed by atoms with Crippen molar-refractivity contribution in [2.45, 2.75) is 45.3 Å². The van der Waals surface area contributed by atoms with Crippen molar-refractivity contribution >= 4 is 0 Å². The number of hydrogen-bond donors (Lipinski definition) is 0. The molecule has 0 aromatic rings. The van der Waals surface area contributed by atoms with Crippen LogP contribution in [0.2, 0.25) is 0 Å². The Labute approximate surface area is 62.8 Å². The Morgan fingerprint density at radius 2 is 2.10 bits per heavy atom. The molecule has 2 aliphatic rings. The molecular weight excluding hydrogens is 124 g/mol. The van der Waals surface area contributed by atoms with E-state index in [1.165, 1.54) is 19.3 Å². The second kappa shape index (κ2) is 2.23. The zero-order valence-electron chi connectivity index (χ0n) is 6.84. The Morgan fingerprint density at radius 3 is 2.40 bits per heavy atom. The molecule has 0 aromatic heterocycles. The molecule has 2 fully saturated rings. The third kappa shape index (κ3) is 0.878. The van der Waals surface area contributed by atoms with Crippen LogP contribution in [0.4, 0.5) is 0 Å². The lowest BCUT2D eigenvalue weighted by Crippen LogP contribution is -2.21. The van der Waals surface area contributed by atoms with Crippen molar-refractivity contribution in [3.63, 3.8) is 0 Å². The molecule has 3 atom stereocenters. The lowest BCUT2D eigenvalue weighted by molar-refractivity contribution is 0.0851. The molecule has 0 amide bonds. The van der Waals surface area contributed by atoms with E-state index in [2.05, 4.69) is 13.8 Å². The summed E-state index contributed by atoms with van der Waals surface area (Å²) in [5, 5.41) is 0. The fraction of sp³-hybridized carbons (Fsp3) is 1.00. The summed E-state index contributed by atoms with van der Waals surface area (Å²) in [6, 6.07) is 0. The minimum absolute atomic E-state index is 0.630. The molecule has 0 saturated carbocycles. The van der Waals surface area contributed by atoms with E-state index in [9.17, 15) is 0 Å². The average molecular weight is 140 g/mol. The van der Waals surface area contributed by atoms with Crippen molar-refractivity contribution in [1.29, 1.82) is 0 Å². The van der Waals surface area contributed by atoms with Gasteiger partial charge < -0.3 is 4.74 Å². The molecule has 58 valence electrons. The third-order valence-electron chi connectivity index (χ3n) is 3.01. The molecule has 1 nitrogen and oxygen atoms in total. The van der Waals surface area contributed by atoms with Crippen LogP contribution in [0, 0.1) is 11.8 Å². The van der Waals surface area contributed by atoms with Gasteiger partial charge in [0.25, 0.3) is 0 Å². The second-order valence-electron chi connectivity index (χ2n) is 4.02. The molecule has 0 radical (unpaired) electrons. The third-order valence-corrected chi connectivity index (χ3v) is 3.01. The summed E-state index contributed by atoms with van der Waals surface area (Å²) >= 11 is 0. The predicted octanol–water partition coefficient (Wildman–Crippen LogP) is 2.21. The van der Waals surface area contributed by atoms with Gasteiger partial charge in [-0.2, -0.15) is 0 Å². The molecule has 2 heterocycles. The molecule has 1 heteroatoms. The van der Waals surface area contributed by atoms with Gasteiger partial charge in [-0.25, -0.2) is 0 Å². The summed E-state index contributed by atoms with van der Waals surface area (Å²) in [5.41, 5.74) is 0. The molecule has 10 heavy (non-hydrogen) atoms. The lowest BCUT2D eigenvalue weighted by Gasteiger charge is -2.21. The van der Waals surface area contributed by atoms with Crippen molar-refractivity contribution in [3.05, 3.63) is 0 Å². The Morgan fingerprint density at radius 1 is 1.30 bits per heavy atom. The predicted molar refractivity (Wildman–Crippen MR) is 40.8 cm³/mol. The van der Waals surface area contributed by atoms with E-state index in [0.29, 0.717) is 12.2 Å². The highest BCUT2D eigenvalue weighted by atomic mass is 16.5. The summed E-state index contributed by atoms with van der Waals surface area (Å²) < 4.78 is 5.75. The summed E-state index contributed by atoms with van der Waals surface area (Å²) in [7, 11) is 0. The van der Waals surface area contributed by atoms with Crippen LogP contribution in [-0.2, 0) is 4.74 Å². The van der Waals surface area contributed by atoms with Crippen LogP contribution >= 0.6 is 0 Å². The summed E-state index contributed by atoms with van der Waals surface area (Å²) in [6.07, 6.45) is 5.26. The van der Waals surface area contributed by atoms with Gasteiger partial charge >= 0.3 is 0 Å². The van der Waals surface area contributed by atoms with Gasteiger partial charge in [0.1, 0.15) is 0 Å². The van der Waals surface area contributed by atoms with Crippen LogP contribution in [0.25, 0.3) is 0 Å². The van der Waals surface area contributed by atoms with Crippen LogP contribution in [0.1, 0.15) is 33.1 Å². The highest BCUT2D eigenvalue weighted by Gasteiger charge is 2.41. The van der Waals surface area contributed by atoms with Gasteiger partial charge in [-0.1, -0.05) is 13.8 Å². The lowest BCUT2D eigenvalue weighted by atomic mass is 9.82. The van der Waals surface area contributed by atoms with Gasteiger partial charge in [0.2, 0.25) is 0 Å². The molecule has 2 aliphatic heterocycles.